The third-order valence-electron chi connectivity index (χ3n) is 0.979. The lowest BCUT2D eigenvalue weighted by atomic mass is 10.3. The quantitative estimate of drug-likeness (QED) is 0.292. The van der Waals surface area contributed by atoms with Gasteiger partial charge in [0, 0.05) is 13.6 Å². The molecule has 1 radical (unpaired) electrons. The number of guanidine groups is 1. The van der Waals surface area contributed by atoms with E-state index in [0.29, 0.717) is 5.96 Å². The second-order valence-electron chi connectivity index (χ2n) is 1.76. The number of hydrogen-bond acceptors (Lipinski definition) is 1. The van der Waals surface area contributed by atoms with Gasteiger partial charge < -0.3 is 10.6 Å². The van der Waals surface area contributed by atoms with E-state index in [2.05, 4.69) is 17.6 Å². The summed E-state index contributed by atoms with van der Waals surface area (Å²) >= 11 is 0. The zero-order chi connectivity index (χ0) is 7.11. The van der Waals surface area contributed by atoms with Gasteiger partial charge in [-0.1, -0.05) is 13.3 Å². The predicted octanol–water partition coefficient (Wildman–Crippen LogP) is 0.344. The van der Waals surface area contributed by atoms with Crippen LogP contribution < -0.4 is 10.6 Å². The number of unbranched alkanes of at least 4 members (excludes halogenated alkanes) is 1. The Morgan fingerprint density at radius 2 is 2.33 bits per heavy atom. The lowest BCUT2D eigenvalue weighted by Crippen LogP contribution is -2.33. The van der Waals surface area contributed by atoms with Crippen LogP contribution in [0.15, 0.2) is 0 Å². The molecule has 0 aliphatic rings. The molecule has 0 bridgehead atoms. The standard InChI is InChI=1S/C6H14N3/c1-3-4-5-9-6(7)8-2/h1,3-5H2,2H3,(H3,7,8,9). The minimum atomic E-state index is 0.378. The summed E-state index contributed by atoms with van der Waals surface area (Å²) in [4.78, 5) is 0. The summed E-state index contributed by atoms with van der Waals surface area (Å²) < 4.78 is 0. The summed E-state index contributed by atoms with van der Waals surface area (Å²) in [6, 6.07) is 0. The van der Waals surface area contributed by atoms with E-state index in [-0.39, 0.29) is 0 Å². The topological polar surface area (TPSA) is 47.9 Å². The van der Waals surface area contributed by atoms with Crippen molar-refractivity contribution in [2.75, 3.05) is 13.6 Å². The molecule has 0 saturated carbocycles. The Morgan fingerprint density at radius 1 is 1.67 bits per heavy atom. The van der Waals surface area contributed by atoms with Crippen LogP contribution in [-0.4, -0.2) is 19.6 Å². The summed E-state index contributed by atoms with van der Waals surface area (Å²) in [6.45, 7) is 4.51. The molecule has 0 aliphatic heterocycles. The monoisotopic (exact) mass is 128 g/mol. The van der Waals surface area contributed by atoms with Crippen LogP contribution in [-0.2, 0) is 0 Å². The lowest BCUT2D eigenvalue weighted by Gasteiger charge is -2.04. The average molecular weight is 128 g/mol. The summed E-state index contributed by atoms with van der Waals surface area (Å²) in [5, 5.41) is 12.6. The molecule has 3 N–H and O–H groups in total. The van der Waals surface area contributed by atoms with E-state index in [4.69, 9.17) is 5.41 Å². The molecule has 0 aromatic rings. The fourth-order valence-corrected chi connectivity index (χ4v) is 0.427. The molecule has 0 aromatic heterocycles. The third kappa shape index (κ3) is 5.14. The highest BCUT2D eigenvalue weighted by Gasteiger charge is 1.86. The summed E-state index contributed by atoms with van der Waals surface area (Å²) in [5.41, 5.74) is 0. The van der Waals surface area contributed by atoms with E-state index in [9.17, 15) is 0 Å². The van der Waals surface area contributed by atoms with Gasteiger partial charge in [-0.15, -0.1) is 0 Å². The third-order valence-corrected chi connectivity index (χ3v) is 0.979. The molecule has 0 unspecified atom stereocenters. The molecule has 0 saturated heterocycles. The molecule has 0 spiro atoms. The highest BCUT2D eigenvalue weighted by Crippen LogP contribution is 1.80. The second-order valence-corrected chi connectivity index (χ2v) is 1.76. The maximum absolute atomic E-state index is 7.07. The van der Waals surface area contributed by atoms with Crippen molar-refractivity contribution in [1.29, 1.82) is 5.41 Å². The highest BCUT2D eigenvalue weighted by molar-refractivity contribution is 5.75. The molecule has 0 rings (SSSR count). The first-order chi connectivity index (χ1) is 4.31. The van der Waals surface area contributed by atoms with Gasteiger partial charge in [-0.05, 0) is 6.42 Å². The minimum Gasteiger partial charge on any atom is -0.360 e. The van der Waals surface area contributed by atoms with Gasteiger partial charge in [0.2, 0.25) is 0 Å². The number of hydrogen-bond donors (Lipinski definition) is 3. The Hall–Kier alpha value is -0.730. The van der Waals surface area contributed by atoms with Crippen LogP contribution in [0.25, 0.3) is 0 Å². The van der Waals surface area contributed by atoms with Crippen molar-refractivity contribution >= 4 is 5.96 Å². The largest absolute Gasteiger partial charge is 0.360 e. The van der Waals surface area contributed by atoms with Crippen molar-refractivity contribution in [2.45, 2.75) is 12.8 Å². The molecule has 0 aliphatic carbocycles. The van der Waals surface area contributed by atoms with E-state index in [1.165, 1.54) is 0 Å². The molecule has 3 nitrogen and oxygen atoms in total. The van der Waals surface area contributed by atoms with Crippen LogP contribution >= 0.6 is 0 Å². The number of rotatable bonds is 3. The molecule has 0 atom stereocenters. The Bertz CT molecular complexity index is 80.4. The second kappa shape index (κ2) is 5.41. The van der Waals surface area contributed by atoms with Crippen molar-refractivity contribution in [3.8, 4) is 0 Å². The first-order valence-electron chi connectivity index (χ1n) is 3.10. The summed E-state index contributed by atoms with van der Waals surface area (Å²) in [7, 11) is 1.72. The first-order valence-corrected chi connectivity index (χ1v) is 3.10. The first kappa shape index (κ1) is 8.27. The van der Waals surface area contributed by atoms with Crippen molar-refractivity contribution in [1.82, 2.24) is 10.6 Å². The Kier molecular flexibility index (Phi) is 4.97. The van der Waals surface area contributed by atoms with Crippen LogP contribution in [0.2, 0.25) is 0 Å². The Balaban J connectivity index is 2.97. The molecule has 3 heteroatoms. The van der Waals surface area contributed by atoms with E-state index in [0.717, 1.165) is 19.4 Å². The summed E-state index contributed by atoms with van der Waals surface area (Å²) in [6.07, 6.45) is 1.94. The van der Waals surface area contributed by atoms with E-state index in [1.807, 2.05) is 0 Å². The van der Waals surface area contributed by atoms with Gasteiger partial charge >= 0.3 is 0 Å². The van der Waals surface area contributed by atoms with Gasteiger partial charge in [-0.3, -0.25) is 5.41 Å². The molecule has 0 heterocycles. The Labute approximate surface area is 56.3 Å². The molecular weight excluding hydrogens is 114 g/mol. The van der Waals surface area contributed by atoms with Crippen LogP contribution in [0.4, 0.5) is 0 Å². The zero-order valence-corrected chi connectivity index (χ0v) is 5.83. The molecule has 0 aromatic carbocycles. The number of nitrogens with one attached hydrogen (secondary N) is 3. The van der Waals surface area contributed by atoms with Gasteiger partial charge in [-0.2, -0.15) is 0 Å². The van der Waals surface area contributed by atoms with Crippen molar-refractivity contribution in [3.63, 3.8) is 0 Å². The highest BCUT2D eigenvalue weighted by atomic mass is 15.1. The zero-order valence-electron chi connectivity index (χ0n) is 5.83. The van der Waals surface area contributed by atoms with E-state index >= 15 is 0 Å². The summed E-state index contributed by atoms with van der Waals surface area (Å²) in [5.74, 6) is 0.378. The fourth-order valence-electron chi connectivity index (χ4n) is 0.427. The van der Waals surface area contributed by atoms with Crippen molar-refractivity contribution in [2.24, 2.45) is 0 Å². The van der Waals surface area contributed by atoms with Gasteiger partial charge in [-0.25, -0.2) is 0 Å². The van der Waals surface area contributed by atoms with Crippen LogP contribution in [0.3, 0.4) is 0 Å². The maximum Gasteiger partial charge on any atom is 0.188 e. The molecule has 0 fully saturated rings. The van der Waals surface area contributed by atoms with Gasteiger partial charge in [0.15, 0.2) is 5.96 Å². The smallest absolute Gasteiger partial charge is 0.188 e. The van der Waals surface area contributed by atoms with Crippen LogP contribution in [0.5, 0.6) is 0 Å². The van der Waals surface area contributed by atoms with Crippen LogP contribution in [0, 0.1) is 12.3 Å². The average Bonchev–Trinajstić information content (AvgIpc) is 1.89. The van der Waals surface area contributed by atoms with Crippen LogP contribution in [0.1, 0.15) is 12.8 Å². The van der Waals surface area contributed by atoms with Gasteiger partial charge in [0.05, 0.1) is 0 Å². The van der Waals surface area contributed by atoms with E-state index < -0.39 is 0 Å². The molecular formula is C6H14N3. The molecule has 0 amide bonds. The fraction of sp³-hybridized carbons (Fsp3) is 0.667. The normalized spacial score (nSPS) is 8.67. The predicted molar refractivity (Wildman–Crippen MR) is 39.4 cm³/mol. The Morgan fingerprint density at radius 3 is 2.78 bits per heavy atom. The van der Waals surface area contributed by atoms with Crippen molar-refractivity contribution in [3.05, 3.63) is 6.92 Å². The molecule has 9 heavy (non-hydrogen) atoms. The molecule has 53 valence electrons. The van der Waals surface area contributed by atoms with Gasteiger partial charge in [0.25, 0.3) is 0 Å². The minimum absolute atomic E-state index is 0.378. The van der Waals surface area contributed by atoms with Crippen molar-refractivity contribution < 1.29 is 0 Å². The SMILES string of the molecule is [CH2]CCCNC(=N)NC. The maximum atomic E-state index is 7.07. The van der Waals surface area contributed by atoms with Gasteiger partial charge in [0.1, 0.15) is 0 Å². The lowest BCUT2D eigenvalue weighted by molar-refractivity contribution is 0.767. The van der Waals surface area contributed by atoms with E-state index in [1.54, 1.807) is 7.05 Å².